The van der Waals surface area contributed by atoms with Gasteiger partial charge in [0.1, 0.15) is 11.8 Å². The topological polar surface area (TPSA) is 184 Å². The van der Waals surface area contributed by atoms with Crippen LogP contribution in [-0.4, -0.2) is 37.5 Å². The molecule has 0 aromatic heterocycles. The van der Waals surface area contributed by atoms with Crippen molar-refractivity contribution in [2.75, 3.05) is 5.32 Å². The van der Waals surface area contributed by atoms with E-state index in [0.29, 0.717) is 16.8 Å². The zero-order valence-corrected chi connectivity index (χ0v) is 16.7. The van der Waals surface area contributed by atoms with Crippen LogP contribution < -0.4 is 25.2 Å². The van der Waals surface area contributed by atoms with Gasteiger partial charge in [-0.3, -0.25) is 10.2 Å². The number of carboxylic acid groups (broad SMARTS) is 1. The van der Waals surface area contributed by atoms with Crippen molar-refractivity contribution >= 4 is 33.8 Å². The van der Waals surface area contributed by atoms with Crippen LogP contribution in [-0.2, 0) is 21.5 Å². The normalized spacial score (nSPS) is 12.0. The van der Waals surface area contributed by atoms with Gasteiger partial charge in [0.25, 0.3) is 10.2 Å². The molecule has 2 rings (SSSR count). The lowest BCUT2D eigenvalue weighted by Gasteiger charge is -2.11. The van der Waals surface area contributed by atoms with Gasteiger partial charge in [0.05, 0.1) is 5.56 Å². The summed E-state index contributed by atoms with van der Waals surface area (Å²) in [5.41, 5.74) is 6.65. The first-order chi connectivity index (χ1) is 14.1. The first-order valence-corrected chi connectivity index (χ1v) is 10.1. The second kappa shape index (κ2) is 9.82. The van der Waals surface area contributed by atoms with Crippen LogP contribution in [0.5, 0.6) is 5.75 Å². The number of ether oxygens (including phenoxy) is 1. The van der Waals surface area contributed by atoms with E-state index in [-0.39, 0.29) is 18.3 Å². The fourth-order valence-corrected chi connectivity index (χ4v) is 3.20. The highest BCUT2D eigenvalue weighted by molar-refractivity contribution is 7.87. The van der Waals surface area contributed by atoms with Crippen LogP contribution in [0.2, 0.25) is 0 Å². The molecular weight excluding hydrogens is 414 g/mol. The summed E-state index contributed by atoms with van der Waals surface area (Å²) in [6, 6.07) is 11.0. The van der Waals surface area contributed by atoms with E-state index in [1.54, 1.807) is 24.3 Å². The Kier molecular flexibility index (Phi) is 7.47. The molecule has 2 aromatic rings. The molecule has 0 heterocycles. The minimum atomic E-state index is -3.99. The van der Waals surface area contributed by atoms with Crippen LogP contribution in [0, 0.1) is 5.41 Å². The molecule has 7 N–H and O–H groups in total. The number of hydrogen-bond acceptors (Lipinski definition) is 6. The van der Waals surface area contributed by atoms with E-state index >= 15 is 0 Å². The number of benzene rings is 2. The van der Waals surface area contributed by atoms with Crippen molar-refractivity contribution in [3.8, 4) is 5.75 Å². The molecule has 2 aromatic carbocycles. The lowest BCUT2D eigenvalue weighted by molar-refractivity contribution is -0.138. The Hall–Kier alpha value is -3.48. The molecule has 11 nitrogen and oxygen atoms in total. The van der Waals surface area contributed by atoms with E-state index in [2.05, 4.69) is 10.0 Å². The molecule has 0 aliphatic heterocycles. The molecule has 0 saturated carbocycles. The van der Waals surface area contributed by atoms with E-state index in [1.165, 1.54) is 31.2 Å². The van der Waals surface area contributed by atoms with Crippen molar-refractivity contribution < 1.29 is 27.9 Å². The third-order valence-corrected chi connectivity index (χ3v) is 4.89. The molecule has 0 fully saturated rings. The van der Waals surface area contributed by atoms with Crippen LogP contribution in [0.1, 0.15) is 22.8 Å². The molecule has 0 aliphatic carbocycles. The Labute approximate surface area is 172 Å². The average Bonchev–Trinajstić information content (AvgIpc) is 2.67. The molecule has 0 spiro atoms. The minimum absolute atomic E-state index is 0.0828. The van der Waals surface area contributed by atoms with E-state index in [0.717, 1.165) is 0 Å². The van der Waals surface area contributed by atoms with Crippen molar-refractivity contribution in [2.45, 2.75) is 19.5 Å². The van der Waals surface area contributed by atoms with Gasteiger partial charge in [0, 0.05) is 12.2 Å². The zero-order valence-electron chi connectivity index (χ0n) is 15.9. The number of nitrogens with two attached hydrogens (primary N) is 1. The summed E-state index contributed by atoms with van der Waals surface area (Å²) in [7, 11) is -3.99. The summed E-state index contributed by atoms with van der Waals surface area (Å²) in [6.07, 6.45) is 0. The smallest absolute Gasteiger partial charge is 0.343 e. The van der Waals surface area contributed by atoms with Crippen molar-refractivity contribution in [3.63, 3.8) is 0 Å². The molecule has 12 heteroatoms. The van der Waals surface area contributed by atoms with E-state index < -0.39 is 28.2 Å². The van der Waals surface area contributed by atoms with Crippen molar-refractivity contribution in [1.29, 1.82) is 5.41 Å². The molecule has 0 unspecified atom stereocenters. The molecule has 30 heavy (non-hydrogen) atoms. The van der Waals surface area contributed by atoms with Gasteiger partial charge in [0.2, 0.25) is 0 Å². The second-order valence-corrected chi connectivity index (χ2v) is 7.68. The number of carbonyl (C=O) groups excluding carboxylic acids is 1. The van der Waals surface area contributed by atoms with Crippen LogP contribution >= 0.6 is 0 Å². The quantitative estimate of drug-likeness (QED) is 0.143. The number of guanidine groups is 1. The molecule has 0 aliphatic rings. The highest BCUT2D eigenvalue weighted by Gasteiger charge is 2.18. The van der Waals surface area contributed by atoms with Gasteiger partial charge in [-0.05, 0) is 48.9 Å². The molecule has 160 valence electrons. The number of aliphatic carboxylic acids is 1. The number of anilines is 1. The number of carboxylic acids is 1. The van der Waals surface area contributed by atoms with Crippen molar-refractivity contribution in [3.05, 3.63) is 59.7 Å². The monoisotopic (exact) mass is 435 g/mol. The van der Waals surface area contributed by atoms with Gasteiger partial charge in [-0.2, -0.15) is 17.9 Å². The van der Waals surface area contributed by atoms with Crippen LogP contribution in [0.3, 0.4) is 0 Å². The summed E-state index contributed by atoms with van der Waals surface area (Å²) >= 11 is 0. The molecular formula is C18H21N5O6S. The van der Waals surface area contributed by atoms with Crippen LogP contribution in [0.4, 0.5) is 5.69 Å². The first kappa shape index (κ1) is 22.8. The SMILES string of the molecule is C[C@H](NS(=O)(=O)NCc1ccc(OC(=O)c2ccc(NC(=N)N)cc2)cc1)C(=O)O. The highest BCUT2D eigenvalue weighted by Crippen LogP contribution is 2.16. The van der Waals surface area contributed by atoms with Gasteiger partial charge < -0.3 is 20.9 Å². The van der Waals surface area contributed by atoms with Crippen molar-refractivity contribution in [2.24, 2.45) is 5.73 Å². The fraction of sp³-hybridized carbons (Fsp3) is 0.167. The maximum absolute atomic E-state index is 12.2. The fourth-order valence-electron chi connectivity index (χ4n) is 2.19. The van der Waals surface area contributed by atoms with E-state index in [1.807, 2.05) is 4.72 Å². The average molecular weight is 435 g/mol. The van der Waals surface area contributed by atoms with Crippen LogP contribution in [0.25, 0.3) is 0 Å². The summed E-state index contributed by atoms with van der Waals surface area (Å²) in [5, 5.41) is 18.5. The molecule has 0 amide bonds. The Balaban J connectivity index is 1.91. The zero-order chi connectivity index (χ0) is 22.3. The molecule has 1 atom stereocenters. The number of rotatable bonds is 9. The Bertz CT molecular complexity index is 1020. The number of esters is 1. The summed E-state index contributed by atoms with van der Waals surface area (Å²) in [6.45, 7) is 1.12. The number of carbonyl (C=O) groups is 2. The largest absolute Gasteiger partial charge is 0.480 e. The lowest BCUT2D eigenvalue weighted by atomic mass is 10.2. The lowest BCUT2D eigenvalue weighted by Crippen LogP contribution is -2.44. The molecule has 0 saturated heterocycles. The second-order valence-electron chi connectivity index (χ2n) is 6.15. The van der Waals surface area contributed by atoms with Gasteiger partial charge >= 0.3 is 11.9 Å². The van der Waals surface area contributed by atoms with Crippen LogP contribution in [0.15, 0.2) is 48.5 Å². The third kappa shape index (κ3) is 7.16. The predicted molar refractivity (Wildman–Crippen MR) is 109 cm³/mol. The molecule has 0 radical (unpaired) electrons. The molecule has 0 bridgehead atoms. The van der Waals surface area contributed by atoms with Gasteiger partial charge in [-0.1, -0.05) is 12.1 Å². The van der Waals surface area contributed by atoms with Gasteiger partial charge in [0.15, 0.2) is 5.96 Å². The Morgan fingerprint density at radius 2 is 1.73 bits per heavy atom. The Morgan fingerprint density at radius 3 is 2.27 bits per heavy atom. The highest BCUT2D eigenvalue weighted by atomic mass is 32.2. The maximum Gasteiger partial charge on any atom is 0.343 e. The van der Waals surface area contributed by atoms with Gasteiger partial charge in [-0.15, -0.1) is 0 Å². The summed E-state index contributed by atoms with van der Waals surface area (Å²) < 4.78 is 33.0. The predicted octanol–water partition coefficient (Wildman–Crippen LogP) is 0.608. The summed E-state index contributed by atoms with van der Waals surface area (Å²) in [5.74, 6) is -1.85. The van der Waals surface area contributed by atoms with E-state index in [4.69, 9.17) is 21.0 Å². The maximum atomic E-state index is 12.2. The first-order valence-electron chi connectivity index (χ1n) is 8.57. The number of nitrogens with one attached hydrogen (secondary N) is 4. The third-order valence-electron chi connectivity index (χ3n) is 3.70. The van der Waals surface area contributed by atoms with Gasteiger partial charge in [-0.25, -0.2) is 4.79 Å². The number of hydrogen-bond donors (Lipinski definition) is 6. The Morgan fingerprint density at radius 1 is 1.13 bits per heavy atom. The van der Waals surface area contributed by atoms with E-state index in [9.17, 15) is 18.0 Å². The summed E-state index contributed by atoms with van der Waals surface area (Å²) in [4.78, 5) is 22.9. The minimum Gasteiger partial charge on any atom is -0.480 e. The standard InChI is InChI=1S/C18H21N5O6S/c1-11(16(24)25)23-30(27,28)21-10-12-2-8-15(9-3-12)29-17(26)13-4-6-14(7-5-13)22-18(19)20/h2-9,11,21,23H,10H2,1H3,(H,24,25)(H4,19,20,22)/t11-/m0/s1. The van der Waals surface area contributed by atoms with Crippen molar-refractivity contribution in [1.82, 2.24) is 9.44 Å².